The molecule has 44 valence electrons. The average molecular weight is 110 g/mol. The Kier molecular flexibility index (Phi) is 2.77. The smallest absolute Gasteiger partial charge is 0.159 e. The highest BCUT2D eigenvalue weighted by Crippen LogP contribution is 2.01. The first-order valence-electron chi connectivity index (χ1n) is 2.29. The summed E-state index contributed by atoms with van der Waals surface area (Å²) in [4.78, 5) is 7.25. The quantitative estimate of drug-likeness (QED) is 0.386. The molecule has 0 radical (unpaired) electrons. The molecule has 0 heterocycles. The molecule has 0 rings (SSSR count). The van der Waals surface area contributed by atoms with Crippen molar-refractivity contribution in [1.82, 2.24) is 0 Å². The van der Waals surface area contributed by atoms with E-state index in [9.17, 15) is 0 Å². The van der Waals surface area contributed by atoms with Crippen LogP contribution in [0.3, 0.4) is 0 Å². The van der Waals surface area contributed by atoms with Gasteiger partial charge in [-0.25, -0.2) is 0 Å². The maximum Gasteiger partial charge on any atom is 0.159 e. The molecule has 0 aromatic rings. The summed E-state index contributed by atoms with van der Waals surface area (Å²) in [6.07, 6.45) is -0.213. The monoisotopic (exact) mass is 110 g/mol. The molecule has 0 amide bonds. The highest BCUT2D eigenvalue weighted by atomic mass is 15.0. The van der Waals surface area contributed by atoms with E-state index in [1.54, 1.807) is 0 Å². The summed E-state index contributed by atoms with van der Waals surface area (Å²) < 4.78 is 0. The van der Waals surface area contributed by atoms with Gasteiger partial charge in [-0.1, -0.05) is 6.58 Å². The summed E-state index contributed by atoms with van der Waals surface area (Å²) in [6, 6.07) is 0. The number of rotatable bonds is 3. The molecule has 0 aliphatic carbocycles. The zero-order valence-corrected chi connectivity index (χ0v) is 5.09. The Bertz CT molecular complexity index is 108. The summed E-state index contributed by atoms with van der Waals surface area (Å²) in [5.74, 6) is 0. The molecule has 0 aromatic heterocycles. The number of hydrogen-bond donors (Lipinski definition) is 0. The van der Waals surface area contributed by atoms with Gasteiger partial charge < -0.3 is 0 Å². The molecule has 0 unspecified atom stereocenters. The standard InChI is InChI=1S/C6H10N2/c1-5(2)6(7-3)8-4/h6H,1,3-4H2,2H3. The zero-order chi connectivity index (χ0) is 6.57. The molecule has 0 saturated heterocycles. The van der Waals surface area contributed by atoms with Crippen molar-refractivity contribution in [3.8, 4) is 0 Å². The second-order valence-corrected chi connectivity index (χ2v) is 1.59. The van der Waals surface area contributed by atoms with Gasteiger partial charge in [-0.15, -0.1) is 0 Å². The molecule has 0 saturated carbocycles. The van der Waals surface area contributed by atoms with Crippen molar-refractivity contribution in [2.24, 2.45) is 9.98 Å². The van der Waals surface area contributed by atoms with E-state index in [4.69, 9.17) is 0 Å². The fraction of sp³-hybridized carbons (Fsp3) is 0.333. The summed E-state index contributed by atoms with van der Waals surface area (Å²) >= 11 is 0. The molecular formula is C6H10N2. The molecule has 0 aliphatic rings. The van der Waals surface area contributed by atoms with Gasteiger partial charge >= 0.3 is 0 Å². The predicted octanol–water partition coefficient (Wildman–Crippen LogP) is 1.29. The van der Waals surface area contributed by atoms with Crippen LogP contribution in [0, 0.1) is 0 Å². The molecule has 0 N–H and O–H groups in total. The van der Waals surface area contributed by atoms with Crippen molar-refractivity contribution in [2.75, 3.05) is 0 Å². The van der Waals surface area contributed by atoms with Crippen molar-refractivity contribution in [1.29, 1.82) is 0 Å². The topological polar surface area (TPSA) is 24.7 Å². The third-order valence-corrected chi connectivity index (χ3v) is 0.787. The summed E-state index contributed by atoms with van der Waals surface area (Å²) in [6.45, 7) is 12.1. The first-order valence-corrected chi connectivity index (χ1v) is 2.29. The van der Waals surface area contributed by atoms with Crippen LogP contribution in [-0.2, 0) is 0 Å². The Morgan fingerprint density at radius 3 is 1.75 bits per heavy atom. The Balaban J connectivity index is 3.88. The second-order valence-electron chi connectivity index (χ2n) is 1.59. The maximum atomic E-state index is 3.63. The Labute approximate surface area is 49.7 Å². The largest absolute Gasteiger partial charge is 0.270 e. The molecule has 0 bridgehead atoms. The Morgan fingerprint density at radius 2 is 1.75 bits per heavy atom. The van der Waals surface area contributed by atoms with E-state index in [1.807, 2.05) is 6.92 Å². The molecule has 0 spiro atoms. The van der Waals surface area contributed by atoms with Gasteiger partial charge in [-0.2, -0.15) is 0 Å². The summed E-state index contributed by atoms with van der Waals surface area (Å²) in [5, 5.41) is 0. The average Bonchev–Trinajstić information content (AvgIpc) is 1.69. The van der Waals surface area contributed by atoms with Crippen LogP contribution in [0.4, 0.5) is 0 Å². The van der Waals surface area contributed by atoms with E-state index in [-0.39, 0.29) is 6.17 Å². The maximum absolute atomic E-state index is 3.63. The van der Waals surface area contributed by atoms with Crippen LogP contribution in [0.5, 0.6) is 0 Å². The van der Waals surface area contributed by atoms with Gasteiger partial charge in [0.05, 0.1) is 0 Å². The molecule has 8 heavy (non-hydrogen) atoms. The third kappa shape index (κ3) is 1.69. The lowest BCUT2D eigenvalue weighted by Gasteiger charge is -2.01. The lowest BCUT2D eigenvalue weighted by molar-refractivity contribution is 0.840. The van der Waals surface area contributed by atoms with Crippen LogP contribution in [0.1, 0.15) is 6.92 Å². The van der Waals surface area contributed by atoms with Crippen molar-refractivity contribution in [3.63, 3.8) is 0 Å². The molecule has 0 aromatic carbocycles. The third-order valence-electron chi connectivity index (χ3n) is 0.787. The minimum atomic E-state index is -0.213. The molecule has 0 atom stereocenters. The van der Waals surface area contributed by atoms with E-state index in [0.29, 0.717) is 0 Å². The minimum Gasteiger partial charge on any atom is -0.270 e. The molecule has 2 heteroatoms. The van der Waals surface area contributed by atoms with Crippen LogP contribution in [0.25, 0.3) is 0 Å². The van der Waals surface area contributed by atoms with Crippen LogP contribution in [0.15, 0.2) is 22.1 Å². The molecule has 0 fully saturated rings. The first kappa shape index (κ1) is 7.08. The van der Waals surface area contributed by atoms with Gasteiger partial charge in [-0.05, 0) is 25.9 Å². The molecule has 2 nitrogen and oxygen atoms in total. The molecular weight excluding hydrogens is 100 g/mol. The lowest BCUT2D eigenvalue weighted by atomic mass is 10.3. The fourth-order valence-electron chi connectivity index (χ4n) is 0.369. The van der Waals surface area contributed by atoms with Crippen molar-refractivity contribution in [2.45, 2.75) is 13.1 Å². The van der Waals surface area contributed by atoms with Gasteiger partial charge in [0.1, 0.15) is 0 Å². The van der Waals surface area contributed by atoms with E-state index in [2.05, 4.69) is 30.0 Å². The van der Waals surface area contributed by atoms with Crippen LogP contribution >= 0.6 is 0 Å². The normalized spacial score (nSPS) is 8.75. The lowest BCUT2D eigenvalue weighted by Crippen LogP contribution is -1.98. The van der Waals surface area contributed by atoms with Gasteiger partial charge in [0.25, 0.3) is 0 Å². The fourth-order valence-corrected chi connectivity index (χ4v) is 0.369. The SMILES string of the molecule is C=NC(N=C)C(=C)C. The first-order chi connectivity index (χ1) is 3.72. The van der Waals surface area contributed by atoms with Gasteiger partial charge in [-0.3, -0.25) is 9.98 Å². The Morgan fingerprint density at radius 1 is 1.38 bits per heavy atom. The van der Waals surface area contributed by atoms with Crippen LogP contribution < -0.4 is 0 Å². The van der Waals surface area contributed by atoms with E-state index in [1.165, 1.54) is 0 Å². The number of nitrogens with zero attached hydrogens (tertiary/aromatic N) is 2. The van der Waals surface area contributed by atoms with Gasteiger partial charge in [0, 0.05) is 0 Å². The second kappa shape index (κ2) is 3.13. The Hall–Kier alpha value is -0.920. The number of aliphatic imine (C=N–C) groups is 2. The zero-order valence-electron chi connectivity index (χ0n) is 5.09. The minimum absolute atomic E-state index is 0.213. The summed E-state index contributed by atoms with van der Waals surface area (Å²) in [7, 11) is 0. The van der Waals surface area contributed by atoms with Crippen molar-refractivity contribution in [3.05, 3.63) is 12.2 Å². The van der Waals surface area contributed by atoms with Crippen molar-refractivity contribution >= 4 is 13.4 Å². The van der Waals surface area contributed by atoms with E-state index in [0.717, 1.165) is 5.57 Å². The van der Waals surface area contributed by atoms with Gasteiger partial charge in [0.2, 0.25) is 0 Å². The predicted molar refractivity (Wildman–Crippen MR) is 37.7 cm³/mol. The molecule has 0 aliphatic heterocycles. The number of hydrogen-bond acceptors (Lipinski definition) is 2. The highest BCUT2D eigenvalue weighted by molar-refractivity contribution is 5.31. The highest BCUT2D eigenvalue weighted by Gasteiger charge is 1.97. The van der Waals surface area contributed by atoms with E-state index < -0.39 is 0 Å². The van der Waals surface area contributed by atoms with Crippen LogP contribution in [0.2, 0.25) is 0 Å². The van der Waals surface area contributed by atoms with E-state index >= 15 is 0 Å². The van der Waals surface area contributed by atoms with Crippen molar-refractivity contribution < 1.29 is 0 Å². The summed E-state index contributed by atoms with van der Waals surface area (Å²) in [5.41, 5.74) is 0.870. The van der Waals surface area contributed by atoms with Gasteiger partial charge in [0.15, 0.2) is 6.17 Å². The van der Waals surface area contributed by atoms with Crippen LogP contribution in [-0.4, -0.2) is 19.6 Å².